The standard InChI is InChI=1S/C6H14.3C4H6O2.C3H8O/c1-5-6(2,3)4;3*1-3(2)4(5)6;1-2-3-4/h5H2,1-4H3;3*1H2,2H3,(H,5,6);4H,2-3H2,1H3. The third-order valence-corrected chi connectivity index (χ3v) is 2.38. The first kappa shape index (κ1) is 36.5. The van der Waals surface area contributed by atoms with Crippen molar-refractivity contribution in [1.29, 1.82) is 0 Å². The second kappa shape index (κ2) is 22.6. The molecule has 4 N–H and O–H groups in total. The predicted octanol–water partition coefficient (Wildman–Crippen LogP) is 4.77. The molecule has 0 aromatic rings. The Hall–Kier alpha value is -2.41. The van der Waals surface area contributed by atoms with Crippen molar-refractivity contribution in [2.45, 2.75) is 68.2 Å². The van der Waals surface area contributed by atoms with E-state index in [0.717, 1.165) is 6.42 Å². The summed E-state index contributed by atoms with van der Waals surface area (Å²) in [6.45, 7) is 25.0. The van der Waals surface area contributed by atoms with E-state index in [1.807, 2.05) is 6.92 Å². The molecule has 0 amide bonds. The van der Waals surface area contributed by atoms with Gasteiger partial charge in [-0.1, -0.05) is 60.8 Å². The van der Waals surface area contributed by atoms with Crippen molar-refractivity contribution in [3.63, 3.8) is 0 Å². The molecule has 7 heteroatoms. The van der Waals surface area contributed by atoms with Crippen LogP contribution in [0.4, 0.5) is 0 Å². The molecule has 0 aliphatic rings. The van der Waals surface area contributed by atoms with Gasteiger partial charge in [-0.2, -0.15) is 0 Å². The van der Waals surface area contributed by atoms with Gasteiger partial charge in [0.1, 0.15) is 0 Å². The molecule has 0 rings (SSSR count). The first-order chi connectivity index (χ1) is 12.4. The molecule has 0 bridgehead atoms. The highest BCUT2D eigenvalue weighted by Gasteiger charge is 2.03. The Labute approximate surface area is 170 Å². The Bertz CT molecular complexity index is 388. The van der Waals surface area contributed by atoms with Gasteiger partial charge in [-0.15, -0.1) is 0 Å². The van der Waals surface area contributed by atoms with Gasteiger partial charge in [0, 0.05) is 23.3 Å². The summed E-state index contributed by atoms with van der Waals surface area (Å²) in [6.07, 6.45) is 2.15. The Morgan fingerprint density at radius 2 is 0.821 bits per heavy atom. The van der Waals surface area contributed by atoms with E-state index in [1.165, 1.54) is 27.2 Å². The van der Waals surface area contributed by atoms with Crippen molar-refractivity contribution in [1.82, 2.24) is 0 Å². The van der Waals surface area contributed by atoms with Gasteiger partial charge < -0.3 is 20.4 Å². The van der Waals surface area contributed by atoms with E-state index in [2.05, 4.69) is 47.4 Å². The lowest BCUT2D eigenvalue weighted by Crippen LogP contribution is -2.00. The lowest BCUT2D eigenvalue weighted by Gasteiger charge is -2.12. The van der Waals surface area contributed by atoms with Crippen LogP contribution in [0.2, 0.25) is 0 Å². The summed E-state index contributed by atoms with van der Waals surface area (Å²) in [5, 5.41) is 31.5. The summed E-state index contributed by atoms with van der Waals surface area (Å²) < 4.78 is 0. The van der Waals surface area contributed by atoms with E-state index < -0.39 is 17.9 Å². The molecule has 0 fully saturated rings. The maximum Gasteiger partial charge on any atom is 0.330 e. The Kier molecular flexibility index (Phi) is 29.5. The molecule has 0 aromatic heterocycles. The molecular weight excluding hydrogens is 364 g/mol. The Morgan fingerprint density at radius 1 is 0.714 bits per heavy atom. The fraction of sp³-hybridized carbons (Fsp3) is 0.571. The lowest BCUT2D eigenvalue weighted by atomic mass is 9.94. The molecule has 28 heavy (non-hydrogen) atoms. The number of carbonyl (C=O) groups is 3. The Morgan fingerprint density at radius 3 is 0.821 bits per heavy atom. The van der Waals surface area contributed by atoms with Crippen LogP contribution in [0.3, 0.4) is 0 Å². The van der Waals surface area contributed by atoms with Crippen LogP contribution in [0.1, 0.15) is 68.2 Å². The second-order valence-corrected chi connectivity index (χ2v) is 6.89. The number of carboxylic acids is 3. The van der Waals surface area contributed by atoms with Gasteiger partial charge in [-0.05, 0) is 32.6 Å². The zero-order chi connectivity index (χ0) is 24.1. The molecule has 0 aromatic carbocycles. The predicted molar refractivity (Wildman–Crippen MR) is 114 cm³/mol. The van der Waals surface area contributed by atoms with Crippen molar-refractivity contribution in [2.24, 2.45) is 5.41 Å². The molecule has 0 heterocycles. The SMILES string of the molecule is C=C(C)C(=O)O.C=C(C)C(=O)O.C=C(C)C(=O)O.CCC(C)(C)C.CCCO. The molecule has 0 atom stereocenters. The minimum atomic E-state index is -0.935. The average molecular weight is 405 g/mol. The van der Waals surface area contributed by atoms with Gasteiger partial charge in [0.15, 0.2) is 0 Å². The van der Waals surface area contributed by atoms with Crippen LogP contribution in [0.5, 0.6) is 0 Å². The summed E-state index contributed by atoms with van der Waals surface area (Å²) in [5.74, 6) is -2.81. The van der Waals surface area contributed by atoms with Gasteiger partial charge in [-0.3, -0.25) is 0 Å². The zero-order valence-electron chi connectivity index (χ0n) is 18.8. The monoisotopic (exact) mass is 404 g/mol. The zero-order valence-corrected chi connectivity index (χ0v) is 18.8. The smallest absolute Gasteiger partial charge is 0.330 e. The van der Waals surface area contributed by atoms with E-state index in [9.17, 15) is 14.4 Å². The van der Waals surface area contributed by atoms with E-state index in [4.69, 9.17) is 20.4 Å². The summed E-state index contributed by atoms with van der Waals surface area (Å²) in [6, 6.07) is 0. The minimum Gasteiger partial charge on any atom is -0.478 e. The van der Waals surface area contributed by atoms with E-state index in [0.29, 0.717) is 12.0 Å². The van der Waals surface area contributed by atoms with Crippen molar-refractivity contribution < 1.29 is 34.8 Å². The topological polar surface area (TPSA) is 132 Å². The second-order valence-electron chi connectivity index (χ2n) is 6.89. The summed E-state index contributed by atoms with van der Waals surface area (Å²) in [5.41, 5.74) is 1.07. The van der Waals surface area contributed by atoms with Crippen LogP contribution in [0.25, 0.3) is 0 Å². The van der Waals surface area contributed by atoms with Crippen molar-refractivity contribution in [2.75, 3.05) is 6.61 Å². The largest absolute Gasteiger partial charge is 0.478 e. The van der Waals surface area contributed by atoms with E-state index >= 15 is 0 Å². The molecule has 0 saturated heterocycles. The highest BCUT2D eigenvalue weighted by atomic mass is 16.4. The van der Waals surface area contributed by atoms with Crippen LogP contribution in [0.15, 0.2) is 36.5 Å². The van der Waals surface area contributed by atoms with Crippen molar-refractivity contribution >= 4 is 17.9 Å². The van der Waals surface area contributed by atoms with Crippen LogP contribution >= 0.6 is 0 Å². The highest BCUT2D eigenvalue weighted by molar-refractivity contribution is 5.85. The molecule has 0 aliphatic carbocycles. The third-order valence-electron chi connectivity index (χ3n) is 2.38. The Balaban J connectivity index is -0.0000000793. The fourth-order valence-electron chi connectivity index (χ4n) is 0. The molecule has 166 valence electrons. The first-order valence-corrected chi connectivity index (χ1v) is 8.68. The maximum atomic E-state index is 9.60. The maximum absolute atomic E-state index is 9.60. The van der Waals surface area contributed by atoms with Gasteiger partial charge in [0.05, 0.1) is 0 Å². The van der Waals surface area contributed by atoms with Gasteiger partial charge in [0.2, 0.25) is 0 Å². The number of carboxylic acid groups (broad SMARTS) is 3. The summed E-state index contributed by atoms with van der Waals surface area (Å²) >= 11 is 0. The van der Waals surface area contributed by atoms with Crippen LogP contribution < -0.4 is 0 Å². The van der Waals surface area contributed by atoms with Crippen LogP contribution in [-0.2, 0) is 14.4 Å². The van der Waals surface area contributed by atoms with Crippen molar-refractivity contribution in [3.05, 3.63) is 36.5 Å². The molecule has 0 spiro atoms. The first-order valence-electron chi connectivity index (χ1n) is 8.68. The van der Waals surface area contributed by atoms with Gasteiger partial charge in [-0.25, -0.2) is 14.4 Å². The number of aliphatic carboxylic acids is 3. The fourth-order valence-corrected chi connectivity index (χ4v) is 0. The number of hydrogen-bond donors (Lipinski definition) is 4. The van der Waals surface area contributed by atoms with Gasteiger partial charge in [0.25, 0.3) is 0 Å². The molecule has 0 aliphatic heterocycles. The molecule has 0 unspecified atom stereocenters. The molecule has 7 nitrogen and oxygen atoms in total. The average Bonchev–Trinajstić information content (AvgIpc) is 2.55. The normalized spacial score (nSPS) is 8.46. The minimum absolute atomic E-state index is 0.176. The van der Waals surface area contributed by atoms with Crippen LogP contribution in [-0.4, -0.2) is 44.9 Å². The summed E-state index contributed by atoms with van der Waals surface area (Å²) in [7, 11) is 0. The number of aliphatic hydroxyl groups is 1. The highest BCUT2D eigenvalue weighted by Crippen LogP contribution is 2.16. The molecule has 0 radical (unpaired) electrons. The number of aliphatic hydroxyl groups excluding tert-OH is 1. The van der Waals surface area contributed by atoms with Crippen LogP contribution in [0, 0.1) is 5.41 Å². The molecular formula is C21H40O7. The summed E-state index contributed by atoms with van der Waals surface area (Å²) in [4.78, 5) is 28.8. The van der Waals surface area contributed by atoms with E-state index in [1.54, 1.807) is 0 Å². The lowest BCUT2D eigenvalue weighted by molar-refractivity contribution is -0.133. The van der Waals surface area contributed by atoms with Gasteiger partial charge >= 0.3 is 17.9 Å². The van der Waals surface area contributed by atoms with Crippen molar-refractivity contribution in [3.8, 4) is 0 Å². The third kappa shape index (κ3) is 65.2. The number of hydrogen-bond acceptors (Lipinski definition) is 4. The number of rotatable bonds is 4. The van der Waals surface area contributed by atoms with E-state index in [-0.39, 0.29) is 16.7 Å². The quantitative estimate of drug-likeness (QED) is 0.496. The molecule has 0 saturated carbocycles.